The number of thioether (sulfide) groups is 1. The maximum Gasteiger partial charge on any atom is 0.321 e. The number of primary amides is 1. The number of hydrogen-bond donors (Lipinski definition) is 1. The van der Waals surface area contributed by atoms with E-state index in [0.717, 1.165) is 10.3 Å². The maximum absolute atomic E-state index is 11.9. The number of amides is 1. The molecule has 0 saturated heterocycles. The van der Waals surface area contributed by atoms with E-state index in [-0.39, 0.29) is 11.7 Å². The largest absolute Gasteiger partial charge is 0.426 e. The molecule has 0 aliphatic rings. The predicted octanol–water partition coefficient (Wildman–Crippen LogP) is 3.64. The second-order valence-corrected chi connectivity index (χ2v) is 6.21. The van der Waals surface area contributed by atoms with Gasteiger partial charge in [0, 0.05) is 10.5 Å². The van der Waals surface area contributed by atoms with E-state index in [1.807, 2.05) is 36.4 Å². The molecule has 0 aromatic heterocycles. The van der Waals surface area contributed by atoms with Crippen LogP contribution in [0.3, 0.4) is 0 Å². The summed E-state index contributed by atoms with van der Waals surface area (Å²) in [4.78, 5) is 23.9. The quantitative estimate of drug-likeness (QED) is 0.438. The lowest BCUT2D eigenvalue weighted by Crippen LogP contribution is -2.12. The lowest BCUT2D eigenvalue weighted by molar-refractivity contribution is -0.131. The van der Waals surface area contributed by atoms with Gasteiger partial charge < -0.3 is 10.5 Å². The molecule has 1 amide bonds. The third-order valence-corrected chi connectivity index (χ3v) is 4.42. The van der Waals surface area contributed by atoms with Crippen LogP contribution in [-0.2, 0) is 4.79 Å². The number of benzene rings is 3. The molecule has 0 heterocycles. The molecule has 3 rings (SSSR count). The first-order chi connectivity index (χ1) is 11.6. The molecule has 120 valence electrons. The summed E-state index contributed by atoms with van der Waals surface area (Å²) in [6, 6.07) is 20.3. The minimum Gasteiger partial charge on any atom is -0.426 e. The van der Waals surface area contributed by atoms with E-state index in [1.54, 1.807) is 12.1 Å². The van der Waals surface area contributed by atoms with Gasteiger partial charge in [-0.3, -0.25) is 9.59 Å². The Hall–Kier alpha value is -2.79. The fourth-order valence-electron chi connectivity index (χ4n) is 2.25. The van der Waals surface area contributed by atoms with Gasteiger partial charge in [0.15, 0.2) is 0 Å². The summed E-state index contributed by atoms with van der Waals surface area (Å²) < 4.78 is 5.25. The summed E-state index contributed by atoms with van der Waals surface area (Å²) in [5, 5.41) is 2.30. The summed E-state index contributed by atoms with van der Waals surface area (Å²) in [5.41, 5.74) is 5.54. The zero-order chi connectivity index (χ0) is 16.9. The molecular weight excluding hydrogens is 322 g/mol. The third kappa shape index (κ3) is 3.94. The van der Waals surface area contributed by atoms with Crippen molar-refractivity contribution in [3.05, 3.63) is 72.3 Å². The fourth-order valence-corrected chi connectivity index (χ4v) is 2.97. The van der Waals surface area contributed by atoms with Crippen molar-refractivity contribution in [3.63, 3.8) is 0 Å². The van der Waals surface area contributed by atoms with Crippen LogP contribution in [0.25, 0.3) is 10.8 Å². The van der Waals surface area contributed by atoms with Crippen molar-refractivity contribution < 1.29 is 14.3 Å². The van der Waals surface area contributed by atoms with Crippen LogP contribution in [0.5, 0.6) is 5.75 Å². The number of nitrogens with two attached hydrogens (primary N) is 1. The molecule has 0 aliphatic heterocycles. The Labute approximate surface area is 143 Å². The topological polar surface area (TPSA) is 69.4 Å². The molecule has 3 aromatic rings. The van der Waals surface area contributed by atoms with Crippen molar-refractivity contribution in [2.75, 3.05) is 5.75 Å². The van der Waals surface area contributed by atoms with Crippen LogP contribution in [0.1, 0.15) is 10.4 Å². The van der Waals surface area contributed by atoms with Crippen LogP contribution in [-0.4, -0.2) is 17.6 Å². The standard InChI is InChI=1S/C19H15NO3S/c20-19(22)14-5-8-16(9-6-14)23-18(21)12-24-17-10-7-13-3-1-2-4-15(13)11-17/h1-11H,12H2,(H2,20,22). The Kier molecular flexibility index (Phi) is 4.82. The van der Waals surface area contributed by atoms with Crippen molar-refractivity contribution in [2.24, 2.45) is 5.73 Å². The number of rotatable bonds is 5. The minimum absolute atomic E-state index is 0.204. The van der Waals surface area contributed by atoms with Crippen molar-refractivity contribution in [3.8, 4) is 5.75 Å². The molecule has 5 heteroatoms. The van der Waals surface area contributed by atoms with Crippen molar-refractivity contribution in [1.29, 1.82) is 0 Å². The van der Waals surface area contributed by atoms with E-state index in [1.165, 1.54) is 29.3 Å². The number of ether oxygens (including phenoxy) is 1. The van der Waals surface area contributed by atoms with Gasteiger partial charge in [-0.1, -0.05) is 30.3 Å². The molecule has 4 nitrogen and oxygen atoms in total. The van der Waals surface area contributed by atoms with Crippen LogP contribution < -0.4 is 10.5 Å². The lowest BCUT2D eigenvalue weighted by atomic mass is 10.1. The van der Waals surface area contributed by atoms with Gasteiger partial charge in [-0.2, -0.15) is 0 Å². The van der Waals surface area contributed by atoms with Crippen LogP contribution in [0.4, 0.5) is 0 Å². The number of fused-ring (bicyclic) bond motifs is 1. The Morgan fingerprint density at radius 3 is 2.33 bits per heavy atom. The number of carbonyl (C=O) groups is 2. The summed E-state index contributed by atoms with van der Waals surface area (Å²) in [6.45, 7) is 0. The molecule has 0 fully saturated rings. The van der Waals surface area contributed by atoms with Gasteiger partial charge in [-0.15, -0.1) is 11.8 Å². The molecule has 0 radical (unpaired) electrons. The van der Waals surface area contributed by atoms with Gasteiger partial charge in [0.2, 0.25) is 5.91 Å². The van der Waals surface area contributed by atoms with Gasteiger partial charge >= 0.3 is 5.97 Å². The second kappa shape index (κ2) is 7.19. The Bertz CT molecular complexity index is 891. The molecule has 0 spiro atoms. The lowest BCUT2D eigenvalue weighted by Gasteiger charge is -2.06. The van der Waals surface area contributed by atoms with E-state index in [0.29, 0.717) is 11.3 Å². The molecule has 0 saturated carbocycles. The predicted molar refractivity (Wildman–Crippen MR) is 95.3 cm³/mol. The van der Waals surface area contributed by atoms with Crippen LogP contribution in [0, 0.1) is 0 Å². The van der Waals surface area contributed by atoms with Crippen molar-refractivity contribution in [2.45, 2.75) is 4.90 Å². The molecular formula is C19H15NO3S. The minimum atomic E-state index is -0.514. The summed E-state index contributed by atoms with van der Waals surface area (Å²) >= 11 is 1.42. The number of hydrogen-bond acceptors (Lipinski definition) is 4. The SMILES string of the molecule is NC(=O)c1ccc(OC(=O)CSc2ccc3ccccc3c2)cc1. The highest BCUT2D eigenvalue weighted by atomic mass is 32.2. The van der Waals surface area contributed by atoms with Gasteiger partial charge in [-0.25, -0.2) is 0 Å². The zero-order valence-corrected chi connectivity index (χ0v) is 13.6. The highest BCUT2D eigenvalue weighted by Gasteiger charge is 2.07. The second-order valence-electron chi connectivity index (χ2n) is 5.16. The van der Waals surface area contributed by atoms with Gasteiger partial charge in [0.1, 0.15) is 5.75 Å². The molecule has 24 heavy (non-hydrogen) atoms. The van der Waals surface area contributed by atoms with E-state index in [4.69, 9.17) is 10.5 Å². The van der Waals surface area contributed by atoms with Gasteiger partial charge in [0.05, 0.1) is 5.75 Å². The Morgan fingerprint density at radius 1 is 0.917 bits per heavy atom. The first-order valence-electron chi connectivity index (χ1n) is 7.34. The monoisotopic (exact) mass is 337 g/mol. The highest BCUT2D eigenvalue weighted by molar-refractivity contribution is 8.00. The first kappa shape index (κ1) is 16.1. The molecule has 0 bridgehead atoms. The summed E-state index contributed by atoms with van der Waals surface area (Å²) in [6.07, 6.45) is 0. The van der Waals surface area contributed by atoms with E-state index >= 15 is 0 Å². The number of carbonyl (C=O) groups excluding carboxylic acids is 2. The van der Waals surface area contributed by atoms with E-state index in [2.05, 4.69) is 6.07 Å². The van der Waals surface area contributed by atoms with Crippen LogP contribution in [0.15, 0.2) is 71.6 Å². The molecule has 0 unspecified atom stereocenters. The van der Waals surface area contributed by atoms with Gasteiger partial charge in [-0.05, 0) is 47.2 Å². The van der Waals surface area contributed by atoms with E-state index in [9.17, 15) is 9.59 Å². The maximum atomic E-state index is 11.9. The zero-order valence-electron chi connectivity index (χ0n) is 12.8. The van der Waals surface area contributed by atoms with Crippen LogP contribution >= 0.6 is 11.8 Å². The summed E-state index contributed by atoms with van der Waals surface area (Å²) in [5.74, 6) is -0.264. The Morgan fingerprint density at radius 2 is 1.62 bits per heavy atom. The number of esters is 1. The first-order valence-corrected chi connectivity index (χ1v) is 8.32. The third-order valence-electron chi connectivity index (χ3n) is 3.45. The van der Waals surface area contributed by atoms with Gasteiger partial charge in [0.25, 0.3) is 0 Å². The van der Waals surface area contributed by atoms with E-state index < -0.39 is 5.91 Å². The average molecular weight is 337 g/mol. The molecule has 3 aromatic carbocycles. The van der Waals surface area contributed by atoms with Crippen LogP contribution in [0.2, 0.25) is 0 Å². The summed E-state index contributed by atoms with van der Waals surface area (Å²) in [7, 11) is 0. The molecule has 2 N–H and O–H groups in total. The highest BCUT2D eigenvalue weighted by Crippen LogP contribution is 2.24. The Balaban J connectivity index is 1.59. The molecule has 0 atom stereocenters. The molecule has 0 aliphatic carbocycles. The van der Waals surface area contributed by atoms with Crippen molar-refractivity contribution in [1.82, 2.24) is 0 Å². The fraction of sp³-hybridized carbons (Fsp3) is 0.0526. The average Bonchev–Trinajstić information content (AvgIpc) is 2.60. The van der Waals surface area contributed by atoms with Crippen molar-refractivity contribution >= 4 is 34.4 Å². The normalized spacial score (nSPS) is 10.5. The smallest absolute Gasteiger partial charge is 0.321 e.